The number of hydrogen-bond acceptors (Lipinski definition) is 2. The number of methoxy groups -OCH3 is 1. The van der Waals surface area contributed by atoms with Crippen molar-refractivity contribution in [3.63, 3.8) is 0 Å². The van der Waals surface area contributed by atoms with Crippen molar-refractivity contribution in [3.05, 3.63) is 29.8 Å². The van der Waals surface area contributed by atoms with Crippen LogP contribution >= 0.6 is 0 Å². The molecule has 0 saturated carbocycles. The average molecular weight is 197 g/mol. The summed E-state index contributed by atoms with van der Waals surface area (Å²) in [6.45, 7) is 5.16. The normalized spacial score (nSPS) is 8.86. The molecule has 0 aliphatic heterocycles. The van der Waals surface area contributed by atoms with E-state index >= 15 is 0 Å². The van der Waals surface area contributed by atoms with Crippen molar-refractivity contribution in [3.8, 4) is 5.75 Å². The van der Waals surface area contributed by atoms with E-state index in [0.717, 1.165) is 12.3 Å². The molecule has 0 aliphatic carbocycles. The van der Waals surface area contributed by atoms with E-state index in [4.69, 9.17) is 4.74 Å². The lowest BCUT2D eigenvalue weighted by molar-refractivity contribution is 0.414. The van der Waals surface area contributed by atoms with Crippen molar-refractivity contribution in [1.29, 1.82) is 0 Å². The van der Waals surface area contributed by atoms with Crippen LogP contribution in [0.5, 0.6) is 5.75 Å². The molecule has 82 valence electrons. The van der Waals surface area contributed by atoms with Gasteiger partial charge in [-0.3, -0.25) is 0 Å². The van der Waals surface area contributed by atoms with Gasteiger partial charge in [-0.1, -0.05) is 32.4 Å². The van der Waals surface area contributed by atoms with Gasteiger partial charge >= 0.3 is 0 Å². The molecule has 2 heteroatoms. The smallest absolute Gasteiger partial charge is 0.118 e. The van der Waals surface area contributed by atoms with E-state index in [1.54, 1.807) is 7.11 Å². The number of nitrogens with one attached hydrogen (secondary N) is 1. The van der Waals surface area contributed by atoms with E-state index < -0.39 is 0 Å². The van der Waals surface area contributed by atoms with Crippen molar-refractivity contribution >= 4 is 0 Å². The first-order valence-electron chi connectivity index (χ1n) is 5.06. The van der Waals surface area contributed by atoms with Gasteiger partial charge in [-0.15, -0.1) is 0 Å². The molecule has 0 fully saturated rings. The van der Waals surface area contributed by atoms with Gasteiger partial charge < -0.3 is 10.1 Å². The molecule has 0 amide bonds. The summed E-state index contributed by atoms with van der Waals surface area (Å²) in [5.41, 5.74) is 1.27. The van der Waals surface area contributed by atoms with E-state index in [2.05, 4.69) is 31.3 Å². The van der Waals surface area contributed by atoms with Crippen LogP contribution in [0.2, 0.25) is 0 Å². The topological polar surface area (TPSA) is 21.3 Å². The second-order valence-corrected chi connectivity index (χ2v) is 3.09. The first-order chi connectivity index (χ1) is 6.78. The summed E-state index contributed by atoms with van der Waals surface area (Å²) in [6, 6.07) is 8.03. The highest BCUT2D eigenvalue weighted by molar-refractivity contribution is 5.26. The van der Waals surface area contributed by atoms with E-state index in [0.29, 0.717) is 0 Å². The molecule has 1 rings (SSSR count). The molecule has 0 radical (unpaired) electrons. The standard InChI is InChI=1S/C9H13NO.C3H8.H2/c1-10-7-8-3-5-9(11-2)6-4-8;1-3-2;/h3-6,10H,7H2,1-2H3;3H2,1-2H3;1H. The highest BCUT2D eigenvalue weighted by Crippen LogP contribution is 2.10. The highest BCUT2D eigenvalue weighted by Gasteiger charge is 1.90. The van der Waals surface area contributed by atoms with Crippen LogP contribution in [0.4, 0.5) is 0 Å². The molecule has 0 saturated heterocycles. The van der Waals surface area contributed by atoms with Gasteiger partial charge in [0.1, 0.15) is 5.75 Å². The number of hydrogen-bond donors (Lipinski definition) is 1. The Labute approximate surface area is 88.8 Å². The fourth-order valence-corrected chi connectivity index (χ4v) is 0.948. The van der Waals surface area contributed by atoms with Gasteiger partial charge in [0.05, 0.1) is 7.11 Å². The quantitative estimate of drug-likeness (QED) is 0.804. The fourth-order valence-electron chi connectivity index (χ4n) is 0.948. The first-order valence-corrected chi connectivity index (χ1v) is 5.06. The maximum Gasteiger partial charge on any atom is 0.118 e. The molecule has 0 bridgehead atoms. The molecule has 0 aliphatic rings. The summed E-state index contributed by atoms with van der Waals surface area (Å²) in [4.78, 5) is 0. The molecular weight excluding hydrogens is 174 g/mol. The molecule has 0 atom stereocenters. The first kappa shape index (κ1) is 13.0. The van der Waals surface area contributed by atoms with Crippen LogP contribution in [-0.4, -0.2) is 14.2 Å². The number of benzene rings is 1. The molecule has 0 aromatic heterocycles. The van der Waals surface area contributed by atoms with Crippen LogP contribution in [0, 0.1) is 0 Å². The van der Waals surface area contributed by atoms with Crippen molar-refractivity contribution in [2.75, 3.05) is 14.2 Å². The average Bonchev–Trinajstić information content (AvgIpc) is 2.21. The van der Waals surface area contributed by atoms with E-state index in [1.165, 1.54) is 12.0 Å². The molecule has 1 aromatic carbocycles. The van der Waals surface area contributed by atoms with E-state index in [1.807, 2.05) is 19.2 Å². The molecule has 0 unspecified atom stereocenters. The summed E-state index contributed by atoms with van der Waals surface area (Å²) >= 11 is 0. The molecule has 14 heavy (non-hydrogen) atoms. The molecule has 0 heterocycles. The van der Waals surface area contributed by atoms with Crippen LogP contribution in [0.25, 0.3) is 0 Å². The van der Waals surface area contributed by atoms with Gasteiger partial charge in [0.15, 0.2) is 0 Å². The third-order valence-corrected chi connectivity index (χ3v) is 1.54. The Morgan fingerprint density at radius 2 is 1.71 bits per heavy atom. The summed E-state index contributed by atoms with van der Waals surface area (Å²) in [5.74, 6) is 0.907. The Hall–Kier alpha value is -1.02. The molecule has 1 aromatic rings. The minimum absolute atomic E-state index is 0. The second kappa shape index (κ2) is 8.57. The summed E-state index contributed by atoms with van der Waals surface area (Å²) < 4.78 is 5.03. The highest BCUT2D eigenvalue weighted by atomic mass is 16.5. The number of rotatable bonds is 3. The van der Waals surface area contributed by atoms with Crippen LogP contribution in [0.3, 0.4) is 0 Å². The molecular formula is C12H23NO. The summed E-state index contributed by atoms with van der Waals surface area (Å²) in [7, 11) is 3.61. The van der Waals surface area contributed by atoms with Crippen molar-refractivity contribution in [2.45, 2.75) is 26.8 Å². The van der Waals surface area contributed by atoms with Gasteiger partial charge in [-0.05, 0) is 24.7 Å². The van der Waals surface area contributed by atoms with Crippen molar-refractivity contribution in [1.82, 2.24) is 5.32 Å². The maximum absolute atomic E-state index is 5.03. The monoisotopic (exact) mass is 197 g/mol. The fraction of sp³-hybridized carbons (Fsp3) is 0.500. The Balaban J connectivity index is 0. The van der Waals surface area contributed by atoms with Gasteiger partial charge in [0, 0.05) is 7.97 Å². The Morgan fingerprint density at radius 1 is 1.21 bits per heavy atom. The van der Waals surface area contributed by atoms with Crippen LogP contribution in [0.15, 0.2) is 24.3 Å². The van der Waals surface area contributed by atoms with Crippen LogP contribution in [0.1, 0.15) is 27.3 Å². The van der Waals surface area contributed by atoms with Crippen molar-refractivity contribution < 1.29 is 6.16 Å². The number of ether oxygens (including phenoxy) is 1. The van der Waals surface area contributed by atoms with Gasteiger partial charge in [0.25, 0.3) is 0 Å². The lowest BCUT2D eigenvalue weighted by Gasteiger charge is -2.01. The largest absolute Gasteiger partial charge is 0.497 e. The maximum atomic E-state index is 5.03. The minimum atomic E-state index is 0. The summed E-state index contributed by atoms with van der Waals surface area (Å²) in [5, 5.41) is 3.08. The van der Waals surface area contributed by atoms with Gasteiger partial charge in [-0.25, -0.2) is 0 Å². The van der Waals surface area contributed by atoms with Crippen molar-refractivity contribution in [2.24, 2.45) is 0 Å². The molecule has 1 N–H and O–H groups in total. The summed E-state index contributed by atoms with van der Waals surface area (Å²) in [6.07, 6.45) is 1.25. The predicted molar refractivity (Wildman–Crippen MR) is 63.8 cm³/mol. The molecule has 2 nitrogen and oxygen atoms in total. The van der Waals surface area contributed by atoms with Gasteiger partial charge in [-0.2, -0.15) is 0 Å². The predicted octanol–water partition coefficient (Wildman–Crippen LogP) is 3.08. The molecule has 0 spiro atoms. The third-order valence-electron chi connectivity index (χ3n) is 1.54. The minimum Gasteiger partial charge on any atom is -0.497 e. The SMILES string of the molecule is CCC.CNCc1ccc(OC)cc1.[HH]. The zero-order valence-electron chi connectivity index (χ0n) is 9.63. The van der Waals surface area contributed by atoms with E-state index in [-0.39, 0.29) is 1.43 Å². The zero-order valence-corrected chi connectivity index (χ0v) is 9.63. The second-order valence-electron chi connectivity index (χ2n) is 3.09. The Kier molecular flexibility index (Phi) is 7.95. The van der Waals surface area contributed by atoms with Crippen LogP contribution < -0.4 is 10.1 Å². The van der Waals surface area contributed by atoms with Gasteiger partial charge in [0.2, 0.25) is 0 Å². The lowest BCUT2D eigenvalue weighted by atomic mass is 10.2. The Bertz CT molecular complexity index is 224. The Morgan fingerprint density at radius 3 is 2.07 bits per heavy atom. The van der Waals surface area contributed by atoms with E-state index in [9.17, 15) is 0 Å². The third kappa shape index (κ3) is 5.60. The van der Waals surface area contributed by atoms with Crippen LogP contribution in [-0.2, 0) is 6.54 Å². The zero-order chi connectivity index (χ0) is 10.8. The lowest BCUT2D eigenvalue weighted by Crippen LogP contribution is -2.04.